The fourth-order valence-corrected chi connectivity index (χ4v) is 3.17. The first kappa shape index (κ1) is 14.5. The molecule has 1 fully saturated rings. The molecule has 1 aliphatic rings. The first-order chi connectivity index (χ1) is 9.06. The molecule has 2 rings (SSSR count). The summed E-state index contributed by atoms with van der Waals surface area (Å²) in [4.78, 5) is 0. The Labute approximate surface area is 117 Å². The third-order valence-electron chi connectivity index (χ3n) is 4.19. The zero-order valence-corrected chi connectivity index (χ0v) is 12.5. The van der Waals surface area contributed by atoms with Crippen LogP contribution in [0.1, 0.15) is 47.9 Å². The van der Waals surface area contributed by atoms with Gasteiger partial charge in [-0.3, -0.25) is 0 Å². The van der Waals surface area contributed by atoms with Crippen molar-refractivity contribution in [3.8, 4) is 0 Å². The minimum atomic E-state index is 0.254. The number of benzene rings is 1. The van der Waals surface area contributed by atoms with Crippen LogP contribution in [0.25, 0.3) is 0 Å². The average Bonchev–Trinajstić information content (AvgIpc) is 2.84. The predicted molar refractivity (Wildman–Crippen MR) is 80.5 cm³/mol. The number of ether oxygens (including phenoxy) is 1. The Kier molecular flexibility index (Phi) is 5.00. The summed E-state index contributed by atoms with van der Waals surface area (Å²) >= 11 is 0. The second-order valence-electron chi connectivity index (χ2n) is 6.05. The van der Waals surface area contributed by atoms with Crippen LogP contribution < -0.4 is 5.73 Å². The van der Waals surface area contributed by atoms with Crippen molar-refractivity contribution >= 4 is 0 Å². The van der Waals surface area contributed by atoms with Gasteiger partial charge in [0.05, 0.1) is 6.10 Å². The van der Waals surface area contributed by atoms with Crippen molar-refractivity contribution < 1.29 is 4.74 Å². The highest BCUT2D eigenvalue weighted by Gasteiger charge is 2.17. The van der Waals surface area contributed by atoms with Crippen LogP contribution in [0.5, 0.6) is 0 Å². The lowest BCUT2D eigenvalue weighted by atomic mass is 9.92. The molecular formula is C17H27NO. The molecule has 0 saturated carbocycles. The van der Waals surface area contributed by atoms with Gasteiger partial charge in [0.2, 0.25) is 0 Å². The van der Waals surface area contributed by atoms with Gasteiger partial charge in [-0.2, -0.15) is 0 Å². The van der Waals surface area contributed by atoms with E-state index in [4.69, 9.17) is 10.5 Å². The SMILES string of the molecule is Cc1cc(C)c(CC(N)CCC2CCCO2)c(C)c1. The van der Waals surface area contributed by atoms with Crippen LogP contribution in [0.4, 0.5) is 0 Å². The summed E-state index contributed by atoms with van der Waals surface area (Å²) in [5, 5.41) is 0. The fraction of sp³-hybridized carbons (Fsp3) is 0.647. The molecule has 2 atom stereocenters. The van der Waals surface area contributed by atoms with E-state index in [2.05, 4.69) is 32.9 Å². The summed E-state index contributed by atoms with van der Waals surface area (Å²) in [6, 6.07) is 4.77. The van der Waals surface area contributed by atoms with Crippen LogP contribution in [0.3, 0.4) is 0 Å². The molecule has 1 aliphatic heterocycles. The van der Waals surface area contributed by atoms with Crippen LogP contribution in [0.2, 0.25) is 0 Å². The molecule has 2 heteroatoms. The molecule has 0 amide bonds. The van der Waals surface area contributed by atoms with Gasteiger partial charge < -0.3 is 10.5 Å². The normalized spacial score (nSPS) is 20.7. The maximum atomic E-state index is 6.30. The maximum Gasteiger partial charge on any atom is 0.0576 e. The van der Waals surface area contributed by atoms with E-state index in [-0.39, 0.29) is 6.04 Å². The van der Waals surface area contributed by atoms with Crippen molar-refractivity contribution in [3.63, 3.8) is 0 Å². The lowest BCUT2D eigenvalue weighted by Crippen LogP contribution is -2.25. The molecule has 2 nitrogen and oxygen atoms in total. The topological polar surface area (TPSA) is 35.2 Å². The number of hydrogen-bond donors (Lipinski definition) is 1. The largest absolute Gasteiger partial charge is 0.378 e. The van der Waals surface area contributed by atoms with Gasteiger partial charge in [-0.1, -0.05) is 17.7 Å². The van der Waals surface area contributed by atoms with Gasteiger partial charge in [-0.15, -0.1) is 0 Å². The van der Waals surface area contributed by atoms with E-state index in [1.54, 1.807) is 0 Å². The molecule has 1 saturated heterocycles. The van der Waals surface area contributed by atoms with E-state index in [1.165, 1.54) is 35.1 Å². The van der Waals surface area contributed by atoms with E-state index in [0.717, 1.165) is 25.9 Å². The fourth-order valence-electron chi connectivity index (χ4n) is 3.17. The molecule has 0 aliphatic carbocycles. The van der Waals surface area contributed by atoms with E-state index < -0.39 is 0 Å². The molecule has 1 aromatic rings. The highest BCUT2D eigenvalue weighted by atomic mass is 16.5. The molecule has 106 valence electrons. The van der Waals surface area contributed by atoms with Crippen LogP contribution >= 0.6 is 0 Å². The number of aryl methyl sites for hydroxylation is 3. The summed E-state index contributed by atoms with van der Waals surface area (Å²) in [6.07, 6.45) is 6.07. The summed E-state index contributed by atoms with van der Waals surface area (Å²) in [5.41, 5.74) is 11.8. The summed E-state index contributed by atoms with van der Waals surface area (Å²) in [7, 11) is 0. The Balaban J connectivity index is 1.89. The average molecular weight is 261 g/mol. The van der Waals surface area contributed by atoms with Crippen molar-refractivity contribution in [2.45, 2.75) is 65.0 Å². The molecule has 0 bridgehead atoms. The van der Waals surface area contributed by atoms with E-state index >= 15 is 0 Å². The Morgan fingerprint density at radius 1 is 1.26 bits per heavy atom. The van der Waals surface area contributed by atoms with Crippen molar-refractivity contribution in [3.05, 3.63) is 34.4 Å². The van der Waals surface area contributed by atoms with Gasteiger partial charge in [-0.25, -0.2) is 0 Å². The molecular weight excluding hydrogens is 234 g/mol. The molecule has 1 heterocycles. The molecule has 2 unspecified atom stereocenters. The van der Waals surface area contributed by atoms with Crippen molar-refractivity contribution in [1.82, 2.24) is 0 Å². The second-order valence-corrected chi connectivity index (χ2v) is 6.05. The zero-order valence-electron chi connectivity index (χ0n) is 12.5. The molecule has 1 aromatic carbocycles. The van der Waals surface area contributed by atoms with Gasteiger partial charge in [-0.05, 0) is 69.6 Å². The monoisotopic (exact) mass is 261 g/mol. The molecule has 2 N–H and O–H groups in total. The first-order valence-corrected chi connectivity index (χ1v) is 7.50. The Bertz CT molecular complexity index is 398. The number of rotatable bonds is 5. The van der Waals surface area contributed by atoms with Gasteiger partial charge >= 0.3 is 0 Å². The van der Waals surface area contributed by atoms with E-state index in [1.807, 2.05) is 0 Å². The summed E-state index contributed by atoms with van der Waals surface area (Å²) in [5.74, 6) is 0. The minimum absolute atomic E-state index is 0.254. The maximum absolute atomic E-state index is 6.30. The van der Waals surface area contributed by atoms with Gasteiger partial charge in [0.25, 0.3) is 0 Å². The molecule has 0 spiro atoms. The highest BCUT2D eigenvalue weighted by molar-refractivity contribution is 5.37. The van der Waals surface area contributed by atoms with Gasteiger partial charge in [0, 0.05) is 12.6 Å². The van der Waals surface area contributed by atoms with E-state index in [0.29, 0.717) is 6.10 Å². The molecule has 0 radical (unpaired) electrons. The van der Waals surface area contributed by atoms with Crippen LogP contribution in [-0.2, 0) is 11.2 Å². The lowest BCUT2D eigenvalue weighted by Gasteiger charge is -2.18. The Morgan fingerprint density at radius 3 is 2.53 bits per heavy atom. The van der Waals surface area contributed by atoms with Crippen molar-refractivity contribution in [1.29, 1.82) is 0 Å². The third-order valence-corrected chi connectivity index (χ3v) is 4.19. The third kappa shape index (κ3) is 4.05. The smallest absolute Gasteiger partial charge is 0.0576 e. The standard InChI is InChI=1S/C17H27NO/c1-12-9-13(2)17(14(3)10-12)11-15(18)6-7-16-5-4-8-19-16/h9-10,15-16H,4-8,11,18H2,1-3H3. The van der Waals surface area contributed by atoms with Gasteiger partial charge in [0.15, 0.2) is 0 Å². The molecule has 19 heavy (non-hydrogen) atoms. The predicted octanol–water partition coefficient (Wildman–Crippen LogP) is 3.44. The lowest BCUT2D eigenvalue weighted by molar-refractivity contribution is 0.101. The Hall–Kier alpha value is -0.860. The Morgan fingerprint density at radius 2 is 1.95 bits per heavy atom. The second kappa shape index (κ2) is 6.53. The number of hydrogen-bond acceptors (Lipinski definition) is 2. The molecule has 0 aromatic heterocycles. The first-order valence-electron chi connectivity index (χ1n) is 7.50. The van der Waals surface area contributed by atoms with Crippen LogP contribution in [0.15, 0.2) is 12.1 Å². The quantitative estimate of drug-likeness (QED) is 0.881. The zero-order chi connectivity index (χ0) is 13.8. The minimum Gasteiger partial charge on any atom is -0.378 e. The van der Waals surface area contributed by atoms with Crippen LogP contribution in [-0.4, -0.2) is 18.8 Å². The van der Waals surface area contributed by atoms with Crippen LogP contribution in [0, 0.1) is 20.8 Å². The van der Waals surface area contributed by atoms with E-state index in [9.17, 15) is 0 Å². The van der Waals surface area contributed by atoms with Gasteiger partial charge in [0.1, 0.15) is 0 Å². The summed E-state index contributed by atoms with van der Waals surface area (Å²) < 4.78 is 5.66. The van der Waals surface area contributed by atoms with Crippen molar-refractivity contribution in [2.75, 3.05) is 6.61 Å². The number of nitrogens with two attached hydrogens (primary N) is 1. The highest BCUT2D eigenvalue weighted by Crippen LogP contribution is 2.21. The van der Waals surface area contributed by atoms with Crippen molar-refractivity contribution in [2.24, 2.45) is 5.73 Å². The summed E-state index contributed by atoms with van der Waals surface area (Å²) in [6.45, 7) is 7.49.